The van der Waals surface area contributed by atoms with E-state index in [1.165, 1.54) is 11.3 Å². The first kappa shape index (κ1) is 14.6. The number of aryl methyl sites for hydroxylation is 1. The molecule has 0 aliphatic heterocycles. The third-order valence-electron chi connectivity index (χ3n) is 3.73. The molecule has 118 valence electrons. The van der Waals surface area contributed by atoms with Crippen molar-refractivity contribution in [3.05, 3.63) is 65.5 Å². The first-order chi connectivity index (χ1) is 11.7. The zero-order chi connectivity index (χ0) is 16.5. The number of fused-ring (bicyclic) bond motifs is 1. The van der Waals surface area contributed by atoms with Gasteiger partial charge in [0, 0.05) is 34.3 Å². The van der Waals surface area contributed by atoms with E-state index in [-0.39, 0.29) is 5.91 Å². The van der Waals surface area contributed by atoms with Crippen molar-refractivity contribution in [2.45, 2.75) is 6.92 Å². The van der Waals surface area contributed by atoms with Gasteiger partial charge in [-0.15, -0.1) is 11.3 Å². The van der Waals surface area contributed by atoms with Crippen LogP contribution in [0.1, 0.15) is 16.1 Å². The number of hydrogen-bond donors (Lipinski definition) is 1. The summed E-state index contributed by atoms with van der Waals surface area (Å²) in [6.07, 6.45) is 3.45. The zero-order valence-electron chi connectivity index (χ0n) is 12.8. The fraction of sp³-hybridized carbons (Fsp3) is 0.0556. The Hall–Kier alpha value is -2.99. The van der Waals surface area contributed by atoms with Crippen molar-refractivity contribution < 1.29 is 9.21 Å². The fourth-order valence-corrected chi connectivity index (χ4v) is 3.24. The average molecular weight is 335 g/mol. The SMILES string of the molecule is Cc1c(C(=O)Nc2nc(-c3cccnc3)cs2)oc2ccccc12. The lowest BCUT2D eigenvalue weighted by atomic mass is 10.1. The summed E-state index contributed by atoms with van der Waals surface area (Å²) in [5.41, 5.74) is 3.22. The number of nitrogens with one attached hydrogen (secondary N) is 1. The Labute approximate surface area is 142 Å². The summed E-state index contributed by atoms with van der Waals surface area (Å²) < 4.78 is 5.68. The van der Waals surface area contributed by atoms with Gasteiger partial charge in [-0.1, -0.05) is 18.2 Å². The highest BCUT2D eigenvalue weighted by Gasteiger charge is 2.18. The van der Waals surface area contributed by atoms with Gasteiger partial charge in [-0.3, -0.25) is 15.1 Å². The number of benzene rings is 1. The van der Waals surface area contributed by atoms with E-state index in [2.05, 4.69) is 15.3 Å². The number of aromatic nitrogens is 2. The second kappa shape index (κ2) is 5.90. The van der Waals surface area contributed by atoms with Crippen molar-refractivity contribution in [3.63, 3.8) is 0 Å². The highest BCUT2D eigenvalue weighted by atomic mass is 32.1. The number of amides is 1. The molecule has 4 aromatic rings. The molecule has 0 aliphatic rings. The predicted octanol–water partition coefficient (Wildman–Crippen LogP) is 4.51. The summed E-state index contributed by atoms with van der Waals surface area (Å²) in [5.74, 6) is 0.0186. The topological polar surface area (TPSA) is 68.0 Å². The van der Waals surface area contributed by atoms with Gasteiger partial charge in [0.1, 0.15) is 5.58 Å². The fourth-order valence-electron chi connectivity index (χ4n) is 2.52. The maximum absolute atomic E-state index is 12.5. The van der Waals surface area contributed by atoms with Gasteiger partial charge in [0.2, 0.25) is 0 Å². The Morgan fingerprint density at radius 1 is 1.21 bits per heavy atom. The van der Waals surface area contributed by atoms with Crippen LogP contribution in [0.4, 0.5) is 5.13 Å². The minimum atomic E-state index is -0.296. The van der Waals surface area contributed by atoms with Crippen molar-refractivity contribution in [1.82, 2.24) is 9.97 Å². The quantitative estimate of drug-likeness (QED) is 0.598. The third-order valence-corrected chi connectivity index (χ3v) is 4.49. The molecule has 3 heterocycles. The minimum absolute atomic E-state index is 0.296. The minimum Gasteiger partial charge on any atom is -0.451 e. The van der Waals surface area contributed by atoms with Crippen LogP contribution < -0.4 is 5.32 Å². The first-order valence-corrected chi connectivity index (χ1v) is 8.26. The Bertz CT molecular complexity index is 1020. The van der Waals surface area contributed by atoms with Gasteiger partial charge in [-0.05, 0) is 25.1 Å². The van der Waals surface area contributed by atoms with Crippen LogP contribution in [0.5, 0.6) is 0 Å². The summed E-state index contributed by atoms with van der Waals surface area (Å²) in [4.78, 5) is 21.0. The summed E-state index contributed by atoms with van der Waals surface area (Å²) in [7, 11) is 0. The Morgan fingerprint density at radius 3 is 2.88 bits per heavy atom. The lowest BCUT2D eigenvalue weighted by molar-refractivity contribution is 0.0998. The van der Waals surface area contributed by atoms with Gasteiger partial charge in [0.15, 0.2) is 10.9 Å². The highest BCUT2D eigenvalue weighted by Crippen LogP contribution is 2.27. The molecule has 0 unspecified atom stereocenters. The second-order valence-corrected chi connectivity index (χ2v) is 6.14. The monoisotopic (exact) mass is 335 g/mol. The summed E-state index contributed by atoms with van der Waals surface area (Å²) in [6, 6.07) is 11.4. The maximum atomic E-state index is 12.5. The van der Waals surface area contributed by atoms with E-state index in [0.29, 0.717) is 16.5 Å². The van der Waals surface area contributed by atoms with Crippen LogP contribution >= 0.6 is 11.3 Å². The molecule has 0 saturated carbocycles. The van der Waals surface area contributed by atoms with Gasteiger partial charge < -0.3 is 4.42 Å². The van der Waals surface area contributed by atoms with Crippen molar-refractivity contribution in [1.29, 1.82) is 0 Å². The number of pyridine rings is 1. The van der Waals surface area contributed by atoms with Gasteiger partial charge >= 0.3 is 0 Å². The molecule has 1 N–H and O–H groups in total. The van der Waals surface area contributed by atoms with Gasteiger partial charge in [0.05, 0.1) is 5.69 Å². The number of anilines is 1. The summed E-state index contributed by atoms with van der Waals surface area (Å²) in [6.45, 7) is 1.88. The van der Waals surface area contributed by atoms with Crippen LogP contribution in [0.15, 0.2) is 58.6 Å². The highest BCUT2D eigenvalue weighted by molar-refractivity contribution is 7.14. The number of carbonyl (C=O) groups is 1. The van der Waals surface area contributed by atoms with Crippen LogP contribution in [0.2, 0.25) is 0 Å². The average Bonchev–Trinajstić information content (AvgIpc) is 3.21. The molecule has 24 heavy (non-hydrogen) atoms. The van der Waals surface area contributed by atoms with Crippen LogP contribution in [0, 0.1) is 6.92 Å². The van der Waals surface area contributed by atoms with Gasteiger partial charge in [-0.25, -0.2) is 4.98 Å². The number of para-hydroxylation sites is 1. The van der Waals surface area contributed by atoms with Crippen molar-refractivity contribution in [2.24, 2.45) is 0 Å². The zero-order valence-corrected chi connectivity index (χ0v) is 13.6. The molecule has 0 saturated heterocycles. The van der Waals surface area contributed by atoms with Crippen LogP contribution in [-0.4, -0.2) is 15.9 Å². The molecule has 6 heteroatoms. The molecule has 1 aromatic carbocycles. The van der Waals surface area contributed by atoms with Crippen molar-refractivity contribution >= 4 is 33.3 Å². The third kappa shape index (κ3) is 2.57. The van der Waals surface area contributed by atoms with Crippen LogP contribution in [-0.2, 0) is 0 Å². The van der Waals surface area contributed by atoms with E-state index >= 15 is 0 Å². The van der Waals surface area contributed by atoms with Crippen molar-refractivity contribution in [3.8, 4) is 11.3 Å². The largest absolute Gasteiger partial charge is 0.451 e. The molecule has 0 fully saturated rings. The molecule has 0 radical (unpaired) electrons. The van der Waals surface area contributed by atoms with Gasteiger partial charge in [-0.2, -0.15) is 0 Å². The summed E-state index contributed by atoms with van der Waals surface area (Å²) in [5, 5.41) is 6.16. The molecule has 0 bridgehead atoms. The Kier molecular flexibility index (Phi) is 3.59. The van der Waals surface area contributed by atoms with Crippen molar-refractivity contribution in [2.75, 3.05) is 5.32 Å². The standard InChI is InChI=1S/C18H13N3O2S/c1-11-13-6-2-3-7-15(13)23-16(11)17(22)21-18-20-14(10-24-18)12-5-4-8-19-9-12/h2-10H,1H3,(H,20,21,22). The molecular formula is C18H13N3O2S. The van der Waals surface area contributed by atoms with Crippen LogP contribution in [0.25, 0.3) is 22.2 Å². The van der Waals surface area contributed by atoms with E-state index in [1.807, 2.05) is 48.7 Å². The van der Waals surface area contributed by atoms with E-state index in [1.54, 1.807) is 12.4 Å². The molecule has 0 spiro atoms. The van der Waals surface area contributed by atoms with Crippen LogP contribution in [0.3, 0.4) is 0 Å². The molecule has 1 amide bonds. The predicted molar refractivity (Wildman–Crippen MR) is 94.2 cm³/mol. The number of hydrogen-bond acceptors (Lipinski definition) is 5. The van der Waals surface area contributed by atoms with Gasteiger partial charge in [0.25, 0.3) is 5.91 Å². The lowest BCUT2D eigenvalue weighted by Crippen LogP contribution is -2.11. The number of rotatable bonds is 3. The van der Waals surface area contributed by atoms with E-state index in [9.17, 15) is 4.79 Å². The molecule has 3 aromatic heterocycles. The molecule has 0 atom stereocenters. The normalized spacial score (nSPS) is 10.9. The number of carbonyl (C=O) groups excluding carboxylic acids is 1. The molecule has 0 aliphatic carbocycles. The molecular weight excluding hydrogens is 322 g/mol. The number of nitrogens with zero attached hydrogens (tertiary/aromatic N) is 2. The lowest BCUT2D eigenvalue weighted by Gasteiger charge is -1.99. The first-order valence-electron chi connectivity index (χ1n) is 7.38. The number of thiazole rings is 1. The molecule has 4 rings (SSSR count). The van der Waals surface area contributed by atoms with E-state index in [0.717, 1.165) is 22.2 Å². The number of furan rings is 1. The smallest absolute Gasteiger partial charge is 0.293 e. The Balaban J connectivity index is 1.60. The Morgan fingerprint density at radius 2 is 2.08 bits per heavy atom. The van der Waals surface area contributed by atoms with E-state index in [4.69, 9.17) is 4.42 Å². The second-order valence-electron chi connectivity index (χ2n) is 5.29. The van der Waals surface area contributed by atoms with E-state index < -0.39 is 0 Å². The molecule has 5 nitrogen and oxygen atoms in total. The maximum Gasteiger partial charge on any atom is 0.293 e. The summed E-state index contributed by atoms with van der Waals surface area (Å²) >= 11 is 1.37.